The molecule has 0 saturated heterocycles. The first-order chi connectivity index (χ1) is 15.1. The largest absolute Gasteiger partial charge is 0.401 e. The Morgan fingerprint density at radius 1 is 1.06 bits per heavy atom. The summed E-state index contributed by atoms with van der Waals surface area (Å²) in [4.78, 5) is 12.8. The van der Waals surface area contributed by atoms with Gasteiger partial charge in [0.2, 0.25) is 0 Å². The topological polar surface area (TPSA) is 73.4 Å². The summed E-state index contributed by atoms with van der Waals surface area (Å²) in [5.74, 6) is 0. The molecular weight excluding hydrogens is 420 g/mol. The van der Waals surface area contributed by atoms with E-state index in [1.54, 1.807) is 4.68 Å². The van der Waals surface area contributed by atoms with Crippen molar-refractivity contribution in [2.75, 3.05) is 20.6 Å². The summed E-state index contributed by atoms with van der Waals surface area (Å²) in [5.41, 5.74) is -0.0148. The number of aromatic nitrogens is 2. The van der Waals surface area contributed by atoms with Gasteiger partial charge in [-0.3, -0.25) is 14.8 Å². The van der Waals surface area contributed by atoms with Gasteiger partial charge in [-0.2, -0.15) is 5.10 Å². The fourth-order valence-electron chi connectivity index (χ4n) is 4.24. The molecule has 170 valence electrons. The van der Waals surface area contributed by atoms with Gasteiger partial charge < -0.3 is 9.33 Å². The zero-order valence-corrected chi connectivity index (χ0v) is 20.4. The fraction of sp³-hybridized carbons (Fsp3) is 0.375. The number of nitro groups is 1. The summed E-state index contributed by atoms with van der Waals surface area (Å²) in [6, 6.07) is 20.9. The Labute approximate surface area is 190 Å². The highest BCUT2D eigenvalue weighted by molar-refractivity contribution is 6.99. The third-order valence-corrected chi connectivity index (χ3v) is 10.6. The summed E-state index contributed by atoms with van der Waals surface area (Å²) in [7, 11) is 1.26. The lowest BCUT2D eigenvalue weighted by Crippen LogP contribution is -2.68. The minimum atomic E-state index is -2.75. The quantitative estimate of drug-likeness (QED) is 0.283. The maximum Gasteiger partial charge on any atom is 0.306 e. The van der Waals surface area contributed by atoms with E-state index in [0.29, 0.717) is 13.1 Å². The predicted octanol–water partition coefficient (Wildman–Crippen LogP) is 3.30. The average molecular weight is 453 g/mol. The van der Waals surface area contributed by atoms with Crippen molar-refractivity contribution in [3.63, 3.8) is 0 Å². The minimum absolute atomic E-state index is 0.0148. The monoisotopic (exact) mass is 452 g/mol. The van der Waals surface area contributed by atoms with Crippen LogP contribution in [0.1, 0.15) is 20.8 Å². The van der Waals surface area contributed by atoms with Crippen LogP contribution in [0.3, 0.4) is 0 Å². The molecule has 8 heteroatoms. The molecule has 1 atom stereocenters. The second-order valence-corrected chi connectivity index (χ2v) is 13.6. The van der Waals surface area contributed by atoms with Crippen LogP contribution in [0, 0.1) is 10.1 Å². The zero-order valence-electron chi connectivity index (χ0n) is 19.4. The first-order valence-corrected chi connectivity index (χ1v) is 12.6. The zero-order chi connectivity index (χ0) is 23.4. The summed E-state index contributed by atoms with van der Waals surface area (Å²) in [6.07, 6.45) is 2.54. The van der Waals surface area contributed by atoms with Crippen LogP contribution in [0.25, 0.3) is 0 Å². The standard InChI is InChI=1S/C24H32N4O3Si/c1-24(2,3)32(22-12-8-6-9-13-22,23-14-10-7-11-15-23)31-21(18-26(4)5)19-27-17-20(16-25-27)28(29)30/h6-17,21H,18-19H2,1-5H3. The van der Waals surface area contributed by atoms with Crippen LogP contribution in [0.5, 0.6) is 0 Å². The Bertz CT molecular complexity index is 977. The van der Waals surface area contributed by atoms with E-state index in [4.69, 9.17) is 4.43 Å². The van der Waals surface area contributed by atoms with Crippen molar-refractivity contribution in [1.82, 2.24) is 14.7 Å². The third kappa shape index (κ3) is 5.15. The van der Waals surface area contributed by atoms with Crippen molar-refractivity contribution in [1.29, 1.82) is 0 Å². The Kier molecular flexibility index (Phi) is 7.28. The average Bonchev–Trinajstić information content (AvgIpc) is 3.20. The van der Waals surface area contributed by atoms with E-state index in [2.05, 4.69) is 79.3 Å². The molecule has 0 aliphatic rings. The predicted molar refractivity (Wildman–Crippen MR) is 130 cm³/mol. The molecule has 2 aromatic carbocycles. The smallest absolute Gasteiger partial charge is 0.306 e. The van der Waals surface area contributed by atoms with Gasteiger partial charge in [-0.1, -0.05) is 81.4 Å². The van der Waals surface area contributed by atoms with Gasteiger partial charge in [0.05, 0.1) is 17.6 Å². The van der Waals surface area contributed by atoms with E-state index in [9.17, 15) is 10.1 Å². The lowest BCUT2D eigenvalue weighted by molar-refractivity contribution is -0.385. The van der Waals surface area contributed by atoms with Gasteiger partial charge in [-0.15, -0.1) is 0 Å². The van der Waals surface area contributed by atoms with Crippen LogP contribution in [-0.2, 0) is 11.0 Å². The van der Waals surface area contributed by atoms with Gasteiger partial charge in [-0.25, -0.2) is 0 Å². The lowest BCUT2D eigenvalue weighted by Gasteiger charge is -2.45. The van der Waals surface area contributed by atoms with Crippen molar-refractivity contribution in [2.24, 2.45) is 0 Å². The Morgan fingerprint density at radius 2 is 1.59 bits per heavy atom. The highest BCUT2D eigenvalue weighted by atomic mass is 28.4. The number of rotatable bonds is 9. The minimum Gasteiger partial charge on any atom is -0.401 e. The fourth-order valence-corrected chi connectivity index (χ4v) is 8.90. The molecule has 0 bridgehead atoms. The molecule has 0 fully saturated rings. The first-order valence-electron chi connectivity index (χ1n) is 10.7. The molecule has 0 saturated carbocycles. The van der Waals surface area contributed by atoms with Crippen molar-refractivity contribution >= 4 is 24.4 Å². The highest BCUT2D eigenvalue weighted by Gasteiger charge is 2.51. The molecule has 3 rings (SSSR count). The van der Waals surface area contributed by atoms with Gasteiger partial charge in [-0.05, 0) is 29.5 Å². The summed E-state index contributed by atoms with van der Waals surface area (Å²) < 4.78 is 8.84. The van der Waals surface area contributed by atoms with Crippen molar-refractivity contribution in [3.8, 4) is 0 Å². The second kappa shape index (κ2) is 9.77. The number of hydrogen-bond donors (Lipinski definition) is 0. The molecular formula is C24H32N4O3Si. The lowest BCUT2D eigenvalue weighted by atomic mass is 10.2. The maximum atomic E-state index is 11.1. The van der Waals surface area contributed by atoms with Crippen LogP contribution in [-0.4, -0.2) is 54.7 Å². The molecule has 0 aliphatic heterocycles. The third-order valence-electron chi connectivity index (χ3n) is 5.55. The molecule has 3 aromatic rings. The van der Waals surface area contributed by atoms with E-state index in [0.717, 1.165) is 0 Å². The van der Waals surface area contributed by atoms with Crippen molar-refractivity contribution < 1.29 is 9.35 Å². The van der Waals surface area contributed by atoms with Gasteiger partial charge in [0, 0.05) is 6.54 Å². The van der Waals surface area contributed by atoms with Crippen molar-refractivity contribution in [3.05, 3.63) is 83.2 Å². The molecule has 0 N–H and O–H groups in total. The molecule has 1 unspecified atom stereocenters. The van der Waals surface area contributed by atoms with Crippen LogP contribution in [0.15, 0.2) is 73.1 Å². The molecule has 1 heterocycles. The summed E-state index contributed by atoms with van der Waals surface area (Å²) in [5, 5.41) is 17.6. The van der Waals surface area contributed by atoms with E-state index < -0.39 is 13.2 Å². The molecule has 32 heavy (non-hydrogen) atoms. The van der Waals surface area contributed by atoms with Gasteiger partial charge in [0.1, 0.15) is 12.4 Å². The highest BCUT2D eigenvalue weighted by Crippen LogP contribution is 2.37. The van der Waals surface area contributed by atoms with E-state index >= 15 is 0 Å². The Morgan fingerprint density at radius 3 is 2.00 bits per heavy atom. The molecule has 1 aromatic heterocycles. The normalized spacial score (nSPS) is 13.3. The van der Waals surface area contributed by atoms with Gasteiger partial charge >= 0.3 is 5.69 Å². The van der Waals surface area contributed by atoms with Crippen LogP contribution >= 0.6 is 0 Å². The van der Waals surface area contributed by atoms with Crippen molar-refractivity contribution in [2.45, 2.75) is 38.5 Å². The Balaban J connectivity index is 2.10. The van der Waals surface area contributed by atoms with E-state index in [1.165, 1.54) is 22.8 Å². The van der Waals surface area contributed by atoms with Crippen LogP contribution in [0.2, 0.25) is 5.04 Å². The van der Waals surface area contributed by atoms with E-state index in [1.807, 2.05) is 26.2 Å². The molecule has 0 amide bonds. The number of likely N-dealkylation sites (N-methyl/N-ethyl adjacent to an activating group) is 1. The number of benzene rings is 2. The molecule has 0 spiro atoms. The summed E-state index contributed by atoms with van der Waals surface area (Å²) in [6.45, 7) is 7.81. The van der Waals surface area contributed by atoms with Gasteiger partial charge in [0.15, 0.2) is 0 Å². The second-order valence-electron chi connectivity index (χ2n) is 9.34. The summed E-state index contributed by atoms with van der Waals surface area (Å²) >= 11 is 0. The van der Waals surface area contributed by atoms with Crippen LogP contribution < -0.4 is 10.4 Å². The Hall–Kier alpha value is -2.81. The first kappa shape index (κ1) is 23.8. The molecule has 0 radical (unpaired) electrons. The van der Waals surface area contributed by atoms with Gasteiger partial charge in [0.25, 0.3) is 8.32 Å². The molecule has 7 nitrogen and oxygen atoms in total. The van der Waals surface area contributed by atoms with Crippen LogP contribution in [0.4, 0.5) is 5.69 Å². The number of nitrogens with zero attached hydrogens (tertiary/aromatic N) is 4. The number of hydrogen-bond acceptors (Lipinski definition) is 5. The maximum absolute atomic E-state index is 11.1. The SMILES string of the molecule is CN(C)CC(Cn1cc([N+](=O)[O-])cn1)O[Si](c1ccccc1)(c1ccccc1)C(C)(C)C. The van der Waals surface area contributed by atoms with E-state index in [-0.39, 0.29) is 16.8 Å². The molecule has 0 aliphatic carbocycles.